The Hall–Kier alpha value is -0.540. The Bertz CT molecular complexity index is 301. The zero-order chi connectivity index (χ0) is 9.14. The molecule has 0 saturated carbocycles. The van der Waals surface area contributed by atoms with Crippen molar-refractivity contribution < 1.29 is 9.90 Å². The van der Waals surface area contributed by atoms with Crippen molar-refractivity contribution in [2.45, 2.75) is 4.83 Å². The molecule has 0 aliphatic rings. The summed E-state index contributed by atoms with van der Waals surface area (Å²) in [6.45, 7) is 0. The lowest BCUT2D eigenvalue weighted by Gasteiger charge is -2.05. The second-order valence-corrected chi connectivity index (χ2v) is 3.55. The number of hydrogen-bond acceptors (Lipinski definition) is 1. The largest absolute Gasteiger partial charge is 0.480 e. The molecule has 0 unspecified atom stereocenters. The van der Waals surface area contributed by atoms with E-state index in [9.17, 15) is 4.79 Å². The van der Waals surface area contributed by atoms with Crippen molar-refractivity contribution in [1.29, 1.82) is 0 Å². The molecule has 0 amide bonds. The number of halogens is 2. The van der Waals surface area contributed by atoms with E-state index in [0.717, 1.165) is 0 Å². The van der Waals surface area contributed by atoms with Crippen molar-refractivity contribution in [1.82, 2.24) is 0 Å². The maximum Gasteiger partial charge on any atom is 0.321 e. The Morgan fingerprint density at radius 2 is 2.08 bits per heavy atom. The van der Waals surface area contributed by atoms with Gasteiger partial charge in [-0.05, 0) is 11.6 Å². The van der Waals surface area contributed by atoms with E-state index < -0.39 is 10.8 Å². The molecule has 0 aromatic heterocycles. The van der Waals surface area contributed by atoms with Gasteiger partial charge in [-0.3, -0.25) is 4.79 Å². The first-order chi connectivity index (χ1) is 5.63. The quantitative estimate of drug-likeness (QED) is 0.818. The van der Waals surface area contributed by atoms with Crippen LogP contribution in [0.5, 0.6) is 0 Å². The molecule has 0 aliphatic heterocycles. The summed E-state index contributed by atoms with van der Waals surface area (Å²) in [5, 5.41) is 9.11. The Labute approximate surface area is 83.3 Å². The van der Waals surface area contributed by atoms with Gasteiger partial charge in [0, 0.05) is 5.02 Å². The fourth-order valence-electron chi connectivity index (χ4n) is 0.814. The van der Waals surface area contributed by atoms with E-state index in [1.807, 2.05) is 0 Å². The zero-order valence-corrected chi connectivity index (χ0v) is 8.34. The molecule has 2 nitrogen and oxygen atoms in total. The maximum atomic E-state index is 10.5. The summed E-state index contributed by atoms with van der Waals surface area (Å²) in [7, 11) is 0. The van der Waals surface area contributed by atoms with Crippen LogP contribution in [0.2, 0.25) is 5.02 Å². The SMILES string of the molecule is O=C(O)[C@@H](Br)c1ccccc1Cl. The van der Waals surface area contributed by atoms with Gasteiger partial charge in [0.15, 0.2) is 0 Å². The van der Waals surface area contributed by atoms with Crippen LogP contribution in [-0.2, 0) is 4.79 Å². The zero-order valence-electron chi connectivity index (χ0n) is 6.00. The highest BCUT2D eigenvalue weighted by atomic mass is 79.9. The molecule has 0 fully saturated rings. The minimum Gasteiger partial charge on any atom is -0.480 e. The first-order valence-electron chi connectivity index (χ1n) is 3.24. The highest BCUT2D eigenvalue weighted by Crippen LogP contribution is 2.28. The molecule has 0 aliphatic carbocycles. The van der Waals surface area contributed by atoms with Crippen LogP contribution in [0.1, 0.15) is 10.4 Å². The van der Waals surface area contributed by atoms with Gasteiger partial charge in [-0.2, -0.15) is 0 Å². The van der Waals surface area contributed by atoms with Crippen molar-refractivity contribution in [3.63, 3.8) is 0 Å². The van der Waals surface area contributed by atoms with Crippen molar-refractivity contribution in [2.24, 2.45) is 0 Å². The molecular formula is C8H6BrClO2. The third-order valence-electron chi connectivity index (χ3n) is 1.40. The van der Waals surface area contributed by atoms with E-state index in [1.54, 1.807) is 24.3 Å². The molecule has 1 N–H and O–H groups in total. The van der Waals surface area contributed by atoms with Crippen molar-refractivity contribution in [3.8, 4) is 0 Å². The number of benzene rings is 1. The highest BCUT2D eigenvalue weighted by molar-refractivity contribution is 9.09. The van der Waals surface area contributed by atoms with Gasteiger partial charge in [0.25, 0.3) is 0 Å². The lowest BCUT2D eigenvalue weighted by Crippen LogP contribution is -2.04. The summed E-state index contributed by atoms with van der Waals surface area (Å²) < 4.78 is 0. The minimum absolute atomic E-state index is 0.460. The van der Waals surface area contributed by atoms with E-state index >= 15 is 0 Å². The summed E-state index contributed by atoms with van der Waals surface area (Å²) in [6, 6.07) is 6.84. The van der Waals surface area contributed by atoms with Crippen LogP contribution in [0.4, 0.5) is 0 Å². The van der Waals surface area contributed by atoms with Crippen LogP contribution in [0.25, 0.3) is 0 Å². The van der Waals surface area contributed by atoms with Gasteiger partial charge in [0.2, 0.25) is 0 Å². The van der Waals surface area contributed by atoms with Gasteiger partial charge < -0.3 is 5.11 Å². The van der Waals surface area contributed by atoms with Gasteiger partial charge in [-0.1, -0.05) is 45.7 Å². The molecule has 1 aromatic rings. The fourth-order valence-corrected chi connectivity index (χ4v) is 1.59. The Morgan fingerprint density at radius 3 is 2.58 bits per heavy atom. The second-order valence-electron chi connectivity index (χ2n) is 2.22. The Morgan fingerprint density at radius 1 is 1.50 bits per heavy atom. The molecule has 1 aromatic carbocycles. The van der Waals surface area contributed by atoms with Gasteiger partial charge in [-0.25, -0.2) is 0 Å². The van der Waals surface area contributed by atoms with E-state index in [1.165, 1.54) is 0 Å². The predicted molar refractivity (Wildman–Crippen MR) is 50.8 cm³/mol. The van der Waals surface area contributed by atoms with Crippen molar-refractivity contribution in [2.75, 3.05) is 0 Å². The molecule has 0 bridgehead atoms. The van der Waals surface area contributed by atoms with Crippen LogP contribution >= 0.6 is 27.5 Å². The number of carbonyl (C=O) groups is 1. The second kappa shape index (κ2) is 3.92. The molecule has 1 rings (SSSR count). The number of aliphatic carboxylic acids is 1. The molecule has 0 radical (unpaired) electrons. The predicted octanol–water partition coefficient (Wildman–Crippen LogP) is 2.86. The summed E-state index contributed by atoms with van der Waals surface area (Å²) in [5.74, 6) is -0.942. The monoisotopic (exact) mass is 248 g/mol. The topological polar surface area (TPSA) is 37.3 Å². The van der Waals surface area contributed by atoms with Crippen LogP contribution in [-0.4, -0.2) is 11.1 Å². The van der Waals surface area contributed by atoms with Crippen LogP contribution in [0, 0.1) is 0 Å². The third kappa shape index (κ3) is 1.99. The summed E-state index contributed by atoms with van der Waals surface area (Å²) in [4.78, 5) is 9.82. The van der Waals surface area contributed by atoms with E-state index in [4.69, 9.17) is 16.7 Å². The van der Waals surface area contributed by atoms with Crippen LogP contribution < -0.4 is 0 Å². The number of hydrogen-bond donors (Lipinski definition) is 1. The summed E-state index contributed by atoms with van der Waals surface area (Å²) in [5.41, 5.74) is 0.576. The first kappa shape index (κ1) is 9.55. The van der Waals surface area contributed by atoms with E-state index in [2.05, 4.69) is 15.9 Å². The molecule has 64 valence electrons. The molecule has 0 spiro atoms. The smallest absolute Gasteiger partial charge is 0.321 e. The summed E-state index contributed by atoms with van der Waals surface area (Å²) in [6.07, 6.45) is 0. The normalized spacial score (nSPS) is 12.5. The van der Waals surface area contributed by atoms with E-state index in [-0.39, 0.29) is 0 Å². The van der Waals surface area contributed by atoms with Gasteiger partial charge in [0.05, 0.1) is 0 Å². The molecule has 0 heterocycles. The average molecular weight is 249 g/mol. The van der Waals surface area contributed by atoms with Crippen molar-refractivity contribution in [3.05, 3.63) is 34.9 Å². The summed E-state index contributed by atoms with van der Waals surface area (Å²) >= 11 is 8.79. The molecule has 1 atom stereocenters. The number of rotatable bonds is 2. The molecular weight excluding hydrogens is 243 g/mol. The number of alkyl halides is 1. The van der Waals surface area contributed by atoms with Gasteiger partial charge in [-0.15, -0.1) is 0 Å². The molecule has 12 heavy (non-hydrogen) atoms. The molecule has 4 heteroatoms. The van der Waals surface area contributed by atoms with Crippen LogP contribution in [0.15, 0.2) is 24.3 Å². The van der Waals surface area contributed by atoms with Gasteiger partial charge >= 0.3 is 5.97 Å². The first-order valence-corrected chi connectivity index (χ1v) is 4.53. The average Bonchev–Trinajstić information content (AvgIpc) is 2.04. The lowest BCUT2D eigenvalue weighted by atomic mass is 10.1. The molecule has 0 saturated heterocycles. The minimum atomic E-state index is -0.942. The highest BCUT2D eigenvalue weighted by Gasteiger charge is 2.17. The van der Waals surface area contributed by atoms with Crippen molar-refractivity contribution >= 4 is 33.5 Å². The van der Waals surface area contributed by atoms with E-state index in [0.29, 0.717) is 10.6 Å². The van der Waals surface area contributed by atoms with Gasteiger partial charge in [0.1, 0.15) is 4.83 Å². The number of carboxylic acid groups (broad SMARTS) is 1. The standard InChI is InChI=1S/C8H6BrClO2/c9-7(8(11)12)5-3-1-2-4-6(5)10/h1-4,7H,(H,11,12)/t7-/m0/s1. The van der Waals surface area contributed by atoms with Crippen LogP contribution in [0.3, 0.4) is 0 Å². The lowest BCUT2D eigenvalue weighted by molar-refractivity contribution is -0.136. The number of carboxylic acids is 1. The Kier molecular flexibility index (Phi) is 3.12. The Balaban J connectivity index is 3.02. The fraction of sp³-hybridized carbons (Fsp3) is 0.125. The third-order valence-corrected chi connectivity index (χ3v) is 2.62. The maximum absolute atomic E-state index is 10.5.